The van der Waals surface area contributed by atoms with Crippen molar-refractivity contribution in [2.45, 2.75) is 20.4 Å². The van der Waals surface area contributed by atoms with Gasteiger partial charge in [-0.1, -0.05) is 18.2 Å². The van der Waals surface area contributed by atoms with E-state index in [2.05, 4.69) is 20.2 Å². The molecule has 0 fully saturated rings. The van der Waals surface area contributed by atoms with Gasteiger partial charge in [-0.3, -0.25) is 14.5 Å². The first-order valence-corrected chi connectivity index (χ1v) is 11.2. The predicted molar refractivity (Wildman–Crippen MR) is 133 cm³/mol. The molecule has 2 aliphatic rings. The van der Waals surface area contributed by atoms with Crippen molar-refractivity contribution in [2.24, 2.45) is 7.05 Å². The second-order valence-corrected chi connectivity index (χ2v) is 8.62. The molecule has 0 aliphatic carbocycles. The quantitative estimate of drug-likeness (QED) is 0.398. The summed E-state index contributed by atoms with van der Waals surface area (Å²) >= 11 is 0. The third kappa shape index (κ3) is 3.48. The molecule has 9 nitrogen and oxygen atoms in total. The molecule has 0 saturated heterocycles. The number of hydrogen-bond donors (Lipinski definition) is 0. The molecule has 0 unspecified atom stereocenters. The molecule has 35 heavy (non-hydrogen) atoms. The Labute approximate surface area is 200 Å². The first-order valence-electron chi connectivity index (χ1n) is 11.2. The van der Waals surface area contributed by atoms with Crippen LogP contribution in [0.1, 0.15) is 16.7 Å². The van der Waals surface area contributed by atoms with Crippen molar-refractivity contribution in [3.63, 3.8) is 0 Å². The topological polar surface area (TPSA) is 96.3 Å². The SMILES string of the molecule is Cc1cccc(-n2nc3c4cccnc4n(Cc4ccc(-c5cnn(C)c5)nc4)nc-3c2=O)c1C. The highest BCUT2D eigenvalue weighted by atomic mass is 16.1. The summed E-state index contributed by atoms with van der Waals surface area (Å²) in [5, 5.41) is 14.4. The van der Waals surface area contributed by atoms with Crippen molar-refractivity contribution in [1.29, 1.82) is 0 Å². The van der Waals surface area contributed by atoms with Crippen LogP contribution >= 0.6 is 0 Å². The van der Waals surface area contributed by atoms with E-state index in [1.54, 1.807) is 21.8 Å². The van der Waals surface area contributed by atoms with E-state index in [1.807, 2.05) is 75.8 Å². The lowest BCUT2D eigenvalue weighted by atomic mass is 10.1. The van der Waals surface area contributed by atoms with Gasteiger partial charge in [-0.2, -0.15) is 20.0 Å². The van der Waals surface area contributed by atoms with Crippen molar-refractivity contribution in [2.75, 3.05) is 0 Å². The van der Waals surface area contributed by atoms with Crippen LogP contribution in [0.5, 0.6) is 0 Å². The first-order chi connectivity index (χ1) is 17.0. The maximum absolute atomic E-state index is 13.4. The van der Waals surface area contributed by atoms with E-state index in [4.69, 9.17) is 5.10 Å². The van der Waals surface area contributed by atoms with Gasteiger partial charge >= 0.3 is 5.56 Å². The number of rotatable bonds is 4. The van der Waals surface area contributed by atoms with Crippen LogP contribution in [-0.4, -0.2) is 39.3 Å². The normalized spacial score (nSPS) is 11.5. The molecule has 9 heteroatoms. The van der Waals surface area contributed by atoms with Gasteiger partial charge in [0.15, 0.2) is 11.3 Å². The summed E-state index contributed by atoms with van der Waals surface area (Å²) in [7, 11) is 1.88. The van der Waals surface area contributed by atoms with E-state index in [9.17, 15) is 4.79 Å². The van der Waals surface area contributed by atoms with Gasteiger partial charge in [0.1, 0.15) is 5.69 Å². The fraction of sp³-hybridized carbons (Fsp3) is 0.154. The molecule has 4 aromatic rings. The van der Waals surface area contributed by atoms with E-state index in [1.165, 1.54) is 4.68 Å². The molecule has 0 bridgehead atoms. The van der Waals surface area contributed by atoms with Crippen molar-refractivity contribution in [3.05, 3.63) is 94.3 Å². The fourth-order valence-corrected chi connectivity index (χ4v) is 4.28. The average Bonchev–Trinajstić information content (AvgIpc) is 3.45. The van der Waals surface area contributed by atoms with Crippen LogP contribution in [0, 0.1) is 13.8 Å². The highest BCUT2D eigenvalue weighted by molar-refractivity contribution is 5.89. The number of aromatic nitrogens is 8. The molecular formula is C26H22N8O. The summed E-state index contributed by atoms with van der Waals surface area (Å²) < 4.78 is 4.94. The van der Waals surface area contributed by atoms with E-state index in [-0.39, 0.29) is 5.56 Å². The van der Waals surface area contributed by atoms with Crippen LogP contribution in [0.25, 0.3) is 39.4 Å². The molecular weight excluding hydrogens is 440 g/mol. The van der Waals surface area contributed by atoms with E-state index in [0.717, 1.165) is 39.0 Å². The summed E-state index contributed by atoms with van der Waals surface area (Å²) in [5.74, 6) is 0. The predicted octanol–water partition coefficient (Wildman–Crippen LogP) is 3.54. The van der Waals surface area contributed by atoms with Gasteiger partial charge in [0.25, 0.3) is 0 Å². The van der Waals surface area contributed by atoms with Gasteiger partial charge in [0, 0.05) is 36.6 Å². The highest BCUT2D eigenvalue weighted by Crippen LogP contribution is 2.26. The molecule has 0 spiro atoms. The maximum Gasteiger partial charge on any atom is 0.301 e. The largest absolute Gasteiger partial charge is 0.301 e. The second-order valence-electron chi connectivity index (χ2n) is 8.62. The van der Waals surface area contributed by atoms with Crippen LogP contribution in [-0.2, 0) is 13.6 Å². The third-order valence-corrected chi connectivity index (χ3v) is 6.29. The Morgan fingerprint density at radius 3 is 2.57 bits per heavy atom. The van der Waals surface area contributed by atoms with Gasteiger partial charge < -0.3 is 0 Å². The number of fused-ring (bicyclic) bond motifs is 3. The lowest BCUT2D eigenvalue weighted by Gasteiger charge is -2.11. The van der Waals surface area contributed by atoms with Crippen LogP contribution in [0.4, 0.5) is 0 Å². The van der Waals surface area contributed by atoms with E-state index in [0.29, 0.717) is 23.6 Å². The number of nitrogens with zero attached hydrogens (tertiary/aromatic N) is 8. The van der Waals surface area contributed by atoms with Crippen molar-refractivity contribution in [1.82, 2.24) is 39.3 Å². The molecule has 2 aliphatic heterocycles. The highest BCUT2D eigenvalue weighted by Gasteiger charge is 2.24. The zero-order valence-corrected chi connectivity index (χ0v) is 19.5. The Bertz CT molecular complexity index is 1730. The van der Waals surface area contributed by atoms with E-state index >= 15 is 0 Å². The minimum atomic E-state index is -0.252. The Hall–Kier alpha value is -4.66. The summed E-state index contributed by atoms with van der Waals surface area (Å²) in [6.45, 7) is 4.43. The third-order valence-electron chi connectivity index (χ3n) is 6.29. The van der Waals surface area contributed by atoms with Gasteiger partial charge in [-0.15, -0.1) is 0 Å². The van der Waals surface area contributed by atoms with Gasteiger partial charge in [-0.05, 0) is 54.8 Å². The van der Waals surface area contributed by atoms with Gasteiger partial charge in [0.2, 0.25) is 0 Å². The Morgan fingerprint density at radius 1 is 0.914 bits per heavy atom. The smallest absolute Gasteiger partial charge is 0.275 e. The van der Waals surface area contributed by atoms with Crippen molar-refractivity contribution in [3.8, 4) is 28.3 Å². The summed E-state index contributed by atoms with van der Waals surface area (Å²) in [6.07, 6.45) is 7.24. The minimum Gasteiger partial charge on any atom is -0.275 e. The lowest BCUT2D eigenvalue weighted by Crippen LogP contribution is -2.18. The van der Waals surface area contributed by atoms with Crippen LogP contribution in [0.3, 0.4) is 0 Å². The van der Waals surface area contributed by atoms with Crippen LogP contribution < -0.4 is 5.56 Å². The molecule has 1 aromatic carbocycles. The van der Waals surface area contributed by atoms with Crippen LogP contribution in [0.15, 0.2) is 72.0 Å². The summed E-state index contributed by atoms with van der Waals surface area (Å²) in [6, 6.07) is 13.6. The average molecular weight is 463 g/mol. The number of aryl methyl sites for hydroxylation is 2. The second kappa shape index (κ2) is 7.98. The molecule has 6 rings (SSSR count). The molecule has 0 radical (unpaired) electrons. The molecule has 3 aromatic heterocycles. The van der Waals surface area contributed by atoms with Crippen molar-refractivity contribution < 1.29 is 0 Å². The molecule has 5 heterocycles. The Kier molecular flexibility index (Phi) is 4.77. The van der Waals surface area contributed by atoms with E-state index < -0.39 is 0 Å². The lowest BCUT2D eigenvalue weighted by molar-refractivity contribution is 0.688. The number of pyridine rings is 2. The van der Waals surface area contributed by atoms with Crippen molar-refractivity contribution >= 4 is 11.0 Å². The molecule has 0 amide bonds. The monoisotopic (exact) mass is 462 g/mol. The standard InChI is InChI=1S/C26H22N8O/c1-16-6-4-8-22(17(16)2)34-26(35)24-23(31-34)20-7-5-11-27-25(20)33(30-24)14-18-9-10-21(28-12-18)19-13-29-32(3)15-19/h4-13,15H,14H2,1-3H3. The van der Waals surface area contributed by atoms with Crippen LogP contribution in [0.2, 0.25) is 0 Å². The Morgan fingerprint density at radius 2 is 1.80 bits per heavy atom. The molecule has 172 valence electrons. The minimum absolute atomic E-state index is 0.252. The maximum atomic E-state index is 13.4. The Balaban J connectivity index is 1.46. The summed E-state index contributed by atoms with van der Waals surface area (Å²) in [5.41, 5.74) is 6.85. The molecule has 0 atom stereocenters. The first kappa shape index (κ1) is 20.9. The molecule has 0 N–H and O–H groups in total. The molecule has 0 saturated carbocycles. The number of hydrogen-bond acceptors (Lipinski definition) is 6. The van der Waals surface area contributed by atoms with Gasteiger partial charge in [-0.25, -0.2) is 9.67 Å². The zero-order chi connectivity index (χ0) is 24.1. The summed E-state index contributed by atoms with van der Waals surface area (Å²) in [4.78, 5) is 22.6. The van der Waals surface area contributed by atoms with Gasteiger partial charge in [0.05, 0.1) is 24.1 Å². The fourth-order valence-electron chi connectivity index (χ4n) is 4.28. The zero-order valence-electron chi connectivity index (χ0n) is 19.5. The number of benzene rings is 1.